The maximum atomic E-state index is 13.2. The van der Waals surface area contributed by atoms with Gasteiger partial charge in [-0.2, -0.15) is 0 Å². The molecule has 0 bridgehead atoms. The fourth-order valence-electron chi connectivity index (χ4n) is 4.49. The van der Waals surface area contributed by atoms with Gasteiger partial charge in [-0.05, 0) is 43.3 Å². The number of ether oxygens (including phenoxy) is 1. The van der Waals surface area contributed by atoms with Gasteiger partial charge < -0.3 is 25.2 Å². The molecule has 2 aromatic rings. The highest BCUT2D eigenvalue weighted by atomic mass is 16.5. The van der Waals surface area contributed by atoms with Gasteiger partial charge in [-0.3, -0.25) is 19.3 Å². The molecule has 2 fully saturated rings. The molecule has 2 N–H and O–H groups in total. The van der Waals surface area contributed by atoms with Gasteiger partial charge in [0.15, 0.2) is 0 Å². The van der Waals surface area contributed by atoms with Crippen LogP contribution in [0, 0.1) is 0 Å². The van der Waals surface area contributed by atoms with Gasteiger partial charge in [-0.25, -0.2) is 0 Å². The highest BCUT2D eigenvalue weighted by Gasteiger charge is 2.35. The van der Waals surface area contributed by atoms with Crippen LogP contribution in [-0.2, 0) is 14.4 Å². The van der Waals surface area contributed by atoms with E-state index in [1.54, 1.807) is 29.2 Å². The van der Waals surface area contributed by atoms with E-state index in [0.29, 0.717) is 25.4 Å². The molecule has 3 amide bonds. The Labute approximate surface area is 206 Å². The molecule has 2 saturated heterocycles. The minimum atomic E-state index is -0.815. The van der Waals surface area contributed by atoms with E-state index >= 15 is 0 Å². The highest BCUT2D eigenvalue weighted by Crippen LogP contribution is 2.18. The van der Waals surface area contributed by atoms with Crippen molar-refractivity contribution < 1.29 is 19.1 Å². The van der Waals surface area contributed by atoms with Crippen molar-refractivity contribution in [3.8, 4) is 5.75 Å². The number of carbonyl (C=O) groups is 3. The van der Waals surface area contributed by atoms with Crippen LogP contribution in [0.15, 0.2) is 54.6 Å². The molecule has 0 aromatic heterocycles. The van der Waals surface area contributed by atoms with Gasteiger partial charge in [-0.1, -0.05) is 18.2 Å². The molecular formula is C26H33N5O4. The highest BCUT2D eigenvalue weighted by molar-refractivity contribution is 5.97. The van der Waals surface area contributed by atoms with E-state index < -0.39 is 6.04 Å². The van der Waals surface area contributed by atoms with Gasteiger partial charge in [-0.15, -0.1) is 0 Å². The molecule has 0 saturated carbocycles. The maximum Gasteiger partial charge on any atom is 0.243 e. The summed E-state index contributed by atoms with van der Waals surface area (Å²) < 4.78 is 5.42. The summed E-state index contributed by atoms with van der Waals surface area (Å²) in [6, 6.07) is 16.5. The maximum absolute atomic E-state index is 13.2. The van der Waals surface area contributed by atoms with Gasteiger partial charge >= 0.3 is 0 Å². The predicted octanol–water partition coefficient (Wildman–Crippen LogP) is 1.56. The first-order valence-electron chi connectivity index (χ1n) is 12.2. The minimum Gasteiger partial charge on any atom is -0.494 e. The molecule has 35 heavy (non-hydrogen) atoms. The molecule has 2 aliphatic heterocycles. The number of piperazine rings is 2. The average molecular weight is 480 g/mol. The van der Waals surface area contributed by atoms with Crippen molar-refractivity contribution in [3.05, 3.63) is 54.6 Å². The molecule has 9 nitrogen and oxygen atoms in total. The molecule has 2 aromatic carbocycles. The van der Waals surface area contributed by atoms with Crippen molar-refractivity contribution in [3.63, 3.8) is 0 Å². The van der Waals surface area contributed by atoms with E-state index in [0.717, 1.165) is 31.9 Å². The lowest BCUT2D eigenvalue weighted by Gasteiger charge is -2.39. The Morgan fingerprint density at radius 1 is 1.00 bits per heavy atom. The smallest absolute Gasteiger partial charge is 0.243 e. The van der Waals surface area contributed by atoms with Crippen LogP contribution in [0.2, 0.25) is 0 Å². The molecule has 9 heteroatoms. The first-order chi connectivity index (χ1) is 17.0. The third-order valence-electron chi connectivity index (χ3n) is 6.33. The van der Waals surface area contributed by atoms with E-state index in [4.69, 9.17) is 4.74 Å². The summed E-state index contributed by atoms with van der Waals surface area (Å²) in [5, 5.41) is 5.60. The first-order valence-corrected chi connectivity index (χ1v) is 12.2. The lowest BCUT2D eigenvalue weighted by atomic mass is 10.1. The number of para-hydroxylation sites is 1. The first kappa shape index (κ1) is 24.5. The summed E-state index contributed by atoms with van der Waals surface area (Å²) in [4.78, 5) is 44.4. The van der Waals surface area contributed by atoms with E-state index in [1.807, 2.05) is 25.1 Å². The van der Waals surface area contributed by atoms with Crippen LogP contribution >= 0.6 is 0 Å². The van der Waals surface area contributed by atoms with Crippen LogP contribution in [0.3, 0.4) is 0 Å². The zero-order chi connectivity index (χ0) is 24.6. The van der Waals surface area contributed by atoms with Gasteiger partial charge in [0.25, 0.3) is 0 Å². The monoisotopic (exact) mass is 479 g/mol. The molecule has 0 spiro atoms. The molecule has 2 heterocycles. The SMILES string of the molecule is CCOc1ccc(NC(=O)C[C@@H]2C(=O)NCCN2C(=O)CN2CCN(c3ccccc3)CC2)cc1. The molecule has 0 aliphatic carbocycles. The second-order valence-corrected chi connectivity index (χ2v) is 8.70. The number of carbonyl (C=O) groups excluding carboxylic acids is 3. The Morgan fingerprint density at radius 3 is 2.40 bits per heavy atom. The zero-order valence-corrected chi connectivity index (χ0v) is 20.1. The van der Waals surface area contributed by atoms with Crippen molar-refractivity contribution in [1.82, 2.24) is 15.1 Å². The summed E-state index contributed by atoms with van der Waals surface area (Å²) >= 11 is 0. The Bertz CT molecular complexity index is 1010. The molecule has 2 aliphatic rings. The predicted molar refractivity (Wildman–Crippen MR) is 134 cm³/mol. The number of rotatable bonds is 8. The number of nitrogens with one attached hydrogen (secondary N) is 2. The number of nitrogens with zero attached hydrogens (tertiary/aromatic N) is 3. The van der Waals surface area contributed by atoms with Crippen LogP contribution in [0.5, 0.6) is 5.75 Å². The zero-order valence-electron chi connectivity index (χ0n) is 20.1. The van der Waals surface area contributed by atoms with Crippen molar-refractivity contribution in [1.29, 1.82) is 0 Å². The lowest BCUT2D eigenvalue weighted by Crippen LogP contribution is -2.60. The number of hydrogen-bond donors (Lipinski definition) is 2. The third-order valence-corrected chi connectivity index (χ3v) is 6.33. The van der Waals surface area contributed by atoms with E-state index in [1.165, 1.54) is 5.69 Å². The third kappa shape index (κ3) is 6.51. The number of anilines is 2. The van der Waals surface area contributed by atoms with Crippen LogP contribution in [0.1, 0.15) is 13.3 Å². The van der Waals surface area contributed by atoms with Gasteiger partial charge in [0, 0.05) is 50.6 Å². The van der Waals surface area contributed by atoms with Gasteiger partial charge in [0.1, 0.15) is 11.8 Å². The quantitative estimate of drug-likeness (QED) is 0.597. The molecule has 4 rings (SSSR count). The van der Waals surface area contributed by atoms with Crippen LogP contribution in [-0.4, -0.2) is 86.0 Å². The molecule has 186 valence electrons. The molecule has 0 unspecified atom stereocenters. The summed E-state index contributed by atoms with van der Waals surface area (Å²) in [6.07, 6.45) is -0.0907. The largest absolute Gasteiger partial charge is 0.494 e. The van der Waals surface area contributed by atoms with Crippen LogP contribution in [0.25, 0.3) is 0 Å². The molecular weight excluding hydrogens is 446 g/mol. The van der Waals surface area contributed by atoms with E-state index in [-0.39, 0.29) is 30.7 Å². The van der Waals surface area contributed by atoms with Gasteiger partial charge in [0.05, 0.1) is 19.6 Å². The van der Waals surface area contributed by atoms with E-state index in [2.05, 4.69) is 32.6 Å². The summed E-state index contributed by atoms with van der Waals surface area (Å²) in [6.45, 7) is 6.72. The van der Waals surface area contributed by atoms with Gasteiger partial charge in [0.2, 0.25) is 17.7 Å². The normalized spacial score (nSPS) is 18.7. The number of hydrogen-bond acceptors (Lipinski definition) is 6. The second-order valence-electron chi connectivity index (χ2n) is 8.70. The fourth-order valence-corrected chi connectivity index (χ4v) is 4.49. The Balaban J connectivity index is 1.30. The van der Waals surface area contributed by atoms with Crippen molar-refractivity contribution in [2.75, 3.05) is 62.6 Å². The minimum absolute atomic E-state index is 0.0907. The molecule has 0 radical (unpaired) electrons. The van der Waals surface area contributed by atoms with Crippen molar-refractivity contribution >= 4 is 29.1 Å². The Kier molecular flexibility index (Phi) is 8.20. The number of benzene rings is 2. The Morgan fingerprint density at radius 2 is 1.71 bits per heavy atom. The standard InChI is InChI=1S/C26H33N5O4/c1-2-35-22-10-8-20(9-11-22)28-24(32)18-23-26(34)27-12-13-31(23)25(33)19-29-14-16-30(17-15-29)21-6-4-3-5-7-21/h3-11,23H,2,12-19H2,1H3,(H,27,34)(H,28,32)/t23-/m1/s1. The second kappa shape index (κ2) is 11.7. The summed E-state index contributed by atoms with van der Waals surface area (Å²) in [7, 11) is 0. The van der Waals surface area contributed by atoms with Crippen LogP contribution in [0.4, 0.5) is 11.4 Å². The number of amides is 3. The summed E-state index contributed by atoms with van der Waals surface area (Å²) in [5.41, 5.74) is 1.80. The molecule has 1 atom stereocenters. The van der Waals surface area contributed by atoms with E-state index in [9.17, 15) is 14.4 Å². The fraction of sp³-hybridized carbons (Fsp3) is 0.423. The van der Waals surface area contributed by atoms with Crippen LogP contribution < -0.4 is 20.3 Å². The average Bonchev–Trinajstić information content (AvgIpc) is 2.87. The summed E-state index contributed by atoms with van der Waals surface area (Å²) in [5.74, 6) is -0.00349. The van der Waals surface area contributed by atoms with Crippen molar-refractivity contribution in [2.24, 2.45) is 0 Å². The van der Waals surface area contributed by atoms with Crippen molar-refractivity contribution in [2.45, 2.75) is 19.4 Å². The topological polar surface area (TPSA) is 94.2 Å². The lowest BCUT2D eigenvalue weighted by molar-refractivity contribution is -0.145. The Hall–Kier alpha value is -3.59.